The minimum atomic E-state index is -0.262. The summed E-state index contributed by atoms with van der Waals surface area (Å²) in [5.74, 6) is 1.82. The van der Waals surface area contributed by atoms with Crippen LogP contribution in [0.2, 0.25) is 0 Å². The molecule has 0 aromatic heterocycles. The molecule has 2 nitrogen and oxygen atoms in total. The highest BCUT2D eigenvalue weighted by Gasteiger charge is 2.05. The third-order valence-corrected chi connectivity index (χ3v) is 3.13. The Balaban J connectivity index is 2.59. The highest BCUT2D eigenvalue weighted by molar-refractivity contribution is 7.99. The highest BCUT2D eigenvalue weighted by atomic mass is 32.2. The maximum atomic E-state index is 12.9. The summed E-state index contributed by atoms with van der Waals surface area (Å²) in [6.07, 6.45) is 0. The average Bonchev–Trinajstić information content (AvgIpc) is 2.20. The molecule has 0 saturated carbocycles. The smallest absolute Gasteiger partial charge is 0.125 e. The van der Waals surface area contributed by atoms with Crippen LogP contribution in [0.1, 0.15) is 13.8 Å². The van der Waals surface area contributed by atoms with Gasteiger partial charge in [-0.25, -0.2) is 4.39 Å². The number of hydrogen-bond donors (Lipinski definition) is 2. The summed E-state index contributed by atoms with van der Waals surface area (Å²) in [6, 6.07) is 4.67. The number of benzene rings is 1. The summed E-state index contributed by atoms with van der Waals surface area (Å²) >= 11 is 1.85. The predicted octanol–water partition coefficient (Wildman–Crippen LogP) is 2.96. The Hall–Kier alpha value is -0.900. The van der Waals surface area contributed by atoms with Crippen molar-refractivity contribution < 1.29 is 4.39 Å². The monoisotopic (exact) mass is 228 g/mol. The maximum absolute atomic E-state index is 12.9. The Morgan fingerprint density at radius 3 is 2.93 bits per heavy atom. The number of halogens is 1. The number of hydrogen-bond acceptors (Lipinski definition) is 3. The van der Waals surface area contributed by atoms with E-state index in [-0.39, 0.29) is 5.82 Å². The second-order valence-corrected chi connectivity index (χ2v) is 4.76. The van der Waals surface area contributed by atoms with E-state index >= 15 is 0 Å². The van der Waals surface area contributed by atoms with Crippen molar-refractivity contribution in [2.75, 3.05) is 22.6 Å². The zero-order valence-corrected chi connectivity index (χ0v) is 9.90. The predicted molar refractivity (Wildman–Crippen MR) is 66.9 cm³/mol. The lowest BCUT2D eigenvalue weighted by atomic mass is 10.2. The molecule has 15 heavy (non-hydrogen) atoms. The largest absolute Gasteiger partial charge is 0.397 e. The molecule has 0 heterocycles. The zero-order chi connectivity index (χ0) is 11.3. The Morgan fingerprint density at radius 1 is 1.53 bits per heavy atom. The molecule has 1 unspecified atom stereocenters. The number of rotatable bonds is 5. The van der Waals surface area contributed by atoms with E-state index in [9.17, 15) is 4.39 Å². The van der Waals surface area contributed by atoms with Gasteiger partial charge in [0.2, 0.25) is 0 Å². The fraction of sp³-hybridized carbons (Fsp3) is 0.455. The fourth-order valence-electron chi connectivity index (χ4n) is 1.26. The summed E-state index contributed by atoms with van der Waals surface area (Å²) in [7, 11) is 0. The van der Waals surface area contributed by atoms with E-state index in [2.05, 4.69) is 19.2 Å². The molecule has 1 rings (SSSR count). The van der Waals surface area contributed by atoms with E-state index in [4.69, 9.17) is 5.73 Å². The Morgan fingerprint density at radius 2 is 2.27 bits per heavy atom. The molecule has 0 radical (unpaired) electrons. The van der Waals surface area contributed by atoms with E-state index in [0.717, 1.165) is 11.5 Å². The average molecular weight is 228 g/mol. The first-order chi connectivity index (χ1) is 7.13. The topological polar surface area (TPSA) is 38.0 Å². The molecule has 0 bridgehead atoms. The molecule has 0 amide bonds. The Kier molecular flexibility index (Phi) is 4.75. The number of nitrogens with two attached hydrogens (primary N) is 1. The van der Waals surface area contributed by atoms with Crippen LogP contribution >= 0.6 is 11.8 Å². The van der Waals surface area contributed by atoms with Gasteiger partial charge in [0.05, 0.1) is 11.4 Å². The van der Waals surface area contributed by atoms with E-state index in [1.165, 1.54) is 12.1 Å². The van der Waals surface area contributed by atoms with E-state index in [1.54, 1.807) is 6.07 Å². The molecular formula is C11H17FN2S. The van der Waals surface area contributed by atoms with Gasteiger partial charge in [-0.2, -0.15) is 11.8 Å². The van der Waals surface area contributed by atoms with Gasteiger partial charge in [-0.15, -0.1) is 0 Å². The van der Waals surface area contributed by atoms with Crippen LogP contribution < -0.4 is 11.1 Å². The van der Waals surface area contributed by atoms with Gasteiger partial charge in [0, 0.05) is 11.8 Å². The van der Waals surface area contributed by atoms with Crippen LogP contribution in [0.3, 0.4) is 0 Å². The summed E-state index contributed by atoms with van der Waals surface area (Å²) in [5, 5.41) is 3.20. The second-order valence-electron chi connectivity index (χ2n) is 3.44. The van der Waals surface area contributed by atoms with Gasteiger partial charge in [-0.1, -0.05) is 6.92 Å². The first-order valence-corrected chi connectivity index (χ1v) is 6.18. The molecule has 0 fully saturated rings. The third-order valence-electron chi connectivity index (χ3n) is 1.99. The standard InChI is InChI=1S/C11H17FN2S/c1-3-15-7-8(2)14-11-6-9(12)4-5-10(11)13/h4-6,8,14H,3,7,13H2,1-2H3. The summed E-state index contributed by atoms with van der Waals surface area (Å²) < 4.78 is 12.9. The van der Waals surface area contributed by atoms with Crippen LogP contribution in [-0.4, -0.2) is 17.5 Å². The molecule has 84 valence electrons. The van der Waals surface area contributed by atoms with Crippen LogP contribution in [0.4, 0.5) is 15.8 Å². The SMILES string of the molecule is CCSCC(C)Nc1cc(F)ccc1N. The molecule has 0 aliphatic carbocycles. The molecule has 1 atom stereocenters. The number of anilines is 2. The van der Waals surface area contributed by atoms with Gasteiger partial charge in [0.25, 0.3) is 0 Å². The van der Waals surface area contributed by atoms with Gasteiger partial charge >= 0.3 is 0 Å². The Labute approximate surface area is 94.4 Å². The molecule has 1 aromatic rings. The lowest BCUT2D eigenvalue weighted by Gasteiger charge is -2.16. The molecule has 0 aliphatic heterocycles. The quantitative estimate of drug-likeness (QED) is 0.761. The minimum Gasteiger partial charge on any atom is -0.397 e. The van der Waals surface area contributed by atoms with Crippen LogP contribution in [0.15, 0.2) is 18.2 Å². The molecule has 0 aliphatic rings. The number of thioether (sulfide) groups is 1. The van der Waals surface area contributed by atoms with Crippen molar-refractivity contribution in [3.05, 3.63) is 24.0 Å². The van der Waals surface area contributed by atoms with Crippen molar-refractivity contribution in [2.24, 2.45) is 0 Å². The zero-order valence-electron chi connectivity index (χ0n) is 9.09. The van der Waals surface area contributed by atoms with Gasteiger partial charge in [-0.05, 0) is 30.9 Å². The normalized spacial score (nSPS) is 12.5. The number of nitrogens with one attached hydrogen (secondary N) is 1. The van der Waals surface area contributed by atoms with Crippen molar-refractivity contribution >= 4 is 23.1 Å². The van der Waals surface area contributed by atoms with Crippen LogP contribution in [0, 0.1) is 5.82 Å². The summed E-state index contributed by atoms with van der Waals surface area (Å²) in [6.45, 7) is 4.18. The van der Waals surface area contributed by atoms with Crippen LogP contribution in [0.5, 0.6) is 0 Å². The highest BCUT2D eigenvalue weighted by Crippen LogP contribution is 2.20. The van der Waals surface area contributed by atoms with Crippen molar-refractivity contribution in [2.45, 2.75) is 19.9 Å². The first kappa shape index (κ1) is 12.2. The van der Waals surface area contributed by atoms with E-state index in [1.807, 2.05) is 11.8 Å². The molecular weight excluding hydrogens is 211 g/mol. The Bertz CT molecular complexity index is 317. The summed E-state index contributed by atoms with van der Waals surface area (Å²) in [4.78, 5) is 0. The van der Waals surface area contributed by atoms with Crippen LogP contribution in [-0.2, 0) is 0 Å². The van der Waals surface area contributed by atoms with Gasteiger partial charge in [0.15, 0.2) is 0 Å². The minimum absolute atomic E-state index is 0.262. The maximum Gasteiger partial charge on any atom is 0.125 e. The van der Waals surface area contributed by atoms with E-state index < -0.39 is 0 Å². The molecule has 3 N–H and O–H groups in total. The van der Waals surface area contributed by atoms with Crippen molar-refractivity contribution in [1.82, 2.24) is 0 Å². The molecule has 0 spiro atoms. The summed E-state index contributed by atoms with van der Waals surface area (Å²) in [5.41, 5.74) is 7.00. The fourth-order valence-corrected chi connectivity index (χ4v) is 1.93. The molecule has 0 saturated heterocycles. The van der Waals surface area contributed by atoms with Gasteiger partial charge < -0.3 is 11.1 Å². The lowest BCUT2D eigenvalue weighted by Crippen LogP contribution is -2.19. The first-order valence-electron chi connectivity index (χ1n) is 5.02. The van der Waals surface area contributed by atoms with Gasteiger partial charge in [0.1, 0.15) is 5.82 Å². The molecule has 4 heteroatoms. The second kappa shape index (κ2) is 5.85. The molecule has 1 aromatic carbocycles. The van der Waals surface area contributed by atoms with Crippen molar-refractivity contribution in [1.29, 1.82) is 0 Å². The van der Waals surface area contributed by atoms with E-state index in [0.29, 0.717) is 17.4 Å². The van der Waals surface area contributed by atoms with Crippen LogP contribution in [0.25, 0.3) is 0 Å². The number of nitrogen functional groups attached to an aromatic ring is 1. The van der Waals surface area contributed by atoms with Crippen molar-refractivity contribution in [3.63, 3.8) is 0 Å². The van der Waals surface area contributed by atoms with Crippen molar-refractivity contribution in [3.8, 4) is 0 Å². The third kappa shape index (κ3) is 4.00. The van der Waals surface area contributed by atoms with Gasteiger partial charge in [-0.3, -0.25) is 0 Å². The lowest BCUT2D eigenvalue weighted by molar-refractivity contribution is 0.628.